The molecule has 16 heteroatoms. The van der Waals surface area contributed by atoms with Crippen LogP contribution in [0.3, 0.4) is 0 Å². The van der Waals surface area contributed by atoms with E-state index in [0.717, 1.165) is 19.9 Å². The van der Waals surface area contributed by atoms with Crippen molar-refractivity contribution in [2.24, 2.45) is 17.6 Å². The lowest BCUT2D eigenvalue weighted by atomic mass is 9.95. The molecule has 0 aliphatic carbocycles. The zero-order valence-corrected chi connectivity index (χ0v) is 28.6. The number of esters is 1. The van der Waals surface area contributed by atoms with Crippen molar-refractivity contribution < 1.29 is 47.4 Å². The molecule has 5 amide bonds. The number of ether oxygens (including phenoxy) is 1. The molecule has 0 radical (unpaired) electrons. The number of hydrogen-bond acceptors (Lipinski definition) is 9. The largest absolute Gasteiger partial charge is 0.454 e. The third-order valence-corrected chi connectivity index (χ3v) is 8.20. The van der Waals surface area contributed by atoms with Crippen LogP contribution in [0.15, 0.2) is 0 Å². The molecule has 1 heterocycles. The second-order valence-corrected chi connectivity index (χ2v) is 12.6. The summed E-state index contributed by atoms with van der Waals surface area (Å²) in [6.45, 7) is 8.62. The fourth-order valence-electron chi connectivity index (χ4n) is 5.05. The lowest BCUT2D eigenvalue weighted by Gasteiger charge is -2.35. The Bertz CT molecular complexity index is 1090. The summed E-state index contributed by atoms with van der Waals surface area (Å²) in [5.74, 6) is -11.8. The average Bonchev–Trinajstić information content (AvgIpc) is 3.01. The van der Waals surface area contributed by atoms with E-state index in [2.05, 4.69) is 21.3 Å². The number of halogens is 2. The maximum Gasteiger partial charge on any atom is 0.360 e. The van der Waals surface area contributed by atoms with Crippen LogP contribution in [0.1, 0.15) is 86.5 Å². The number of alkyl halides is 2. The minimum atomic E-state index is -4.27. The van der Waals surface area contributed by atoms with Crippen LogP contribution >= 0.6 is 0 Å². The Kier molecular flexibility index (Phi) is 17.2. The van der Waals surface area contributed by atoms with E-state index in [9.17, 15) is 33.9 Å². The second kappa shape index (κ2) is 19.4. The number of likely N-dealkylation sites (N-methyl/N-ethyl adjacent to an activating group) is 1. The molecule has 0 saturated carbocycles. The summed E-state index contributed by atoms with van der Waals surface area (Å²) in [5.41, 5.74) is 5.75. The highest BCUT2D eigenvalue weighted by Gasteiger charge is 2.52. The maximum absolute atomic E-state index is 16.0. The molecule has 1 fully saturated rings. The third kappa shape index (κ3) is 12.3. The average molecular weight is 677 g/mol. The molecular weight excluding hydrogens is 622 g/mol. The van der Waals surface area contributed by atoms with Gasteiger partial charge in [-0.25, -0.2) is 0 Å². The monoisotopic (exact) mass is 676 g/mol. The molecular formula is C31H54F2N6O8. The molecule has 1 rings (SSSR count). The van der Waals surface area contributed by atoms with Crippen LogP contribution in [0.25, 0.3) is 0 Å². The van der Waals surface area contributed by atoms with Gasteiger partial charge in [0.05, 0.1) is 6.10 Å². The smallest absolute Gasteiger partial charge is 0.360 e. The molecule has 0 aromatic carbocycles. The number of rotatable bonds is 11. The van der Waals surface area contributed by atoms with Gasteiger partial charge in [-0.3, -0.25) is 28.8 Å². The molecule has 0 spiro atoms. The molecule has 0 aromatic rings. The van der Waals surface area contributed by atoms with E-state index in [1.165, 1.54) is 6.92 Å². The summed E-state index contributed by atoms with van der Waals surface area (Å²) < 4.78 is 37.0. The van der Waals surface area contributed by atoms with E-state index in [0.29, 0.717) is 17.7 Å². The highest BCUT2D eigenvalue weighted by molar-refractivity contribution is 5.97. The summed E-state index contributed by atoms with van der Waals surface area (Å²) in [7, 11) is 1.05. The van der Waals surface area contributed by atoms with Gasteiger partial charge in [-0.15, -0.1) is 0 Å². The summed E-state index contributed by atoms with van der Waals surface area (Å²) in [6.07, 6.45) is -1.51. The summed E-state index contributed by atoms with van der Waals surface area (Å²) in [5, 5.41) is 19.6. The van der Waals surface area contributed by atoms with Crippen molar-refractivity contribution in [2.75, 3.05) is 20.1 Å². The quantitative estimate of drug-likeness (QED) is 0.132. The topological polar surface area (TPSA) is 209 Å². The van der Waals surface area contributed by atoms with Gasteiger partial charge in [0, 0.05) is 13.6 Å². The number of cyclic esters (lactones) is 1. The first kappa shape index (κ1) is 41.6. The van der Waals surface area contributed by atoms with Crippen LogP contribution in [-0.2, 0) is 33.5 Å². The molecule has 1 aliphatic rings. The van der Waals surface area contributed by atoms with Gasteiger partial charge in [0.2, 0.25) is 23.6 Å². The van der Waals surface area contributed by atoms with Crippen molar-refractivity contribution in [3.05, 3.63) is 0 Å². The first-order valence-electron chi connectivity index (χ1n) is 16.3. The first-order valence-corrected chi connectivity index (χ1v) is 16.3. The number of carbonyl (C=O) groups is 6. The Hall–Kier alpha value is -3.40. The molecule has 47 heavy (non-hydrogen) atoms. The summed E-state index contributed by atoms with van der Waals surface area (Å²) in [6, 6.07) is -5.74. The molecule has 7 atom stereocenters. The van der Waals surface area contributed by atoms with Gasteiger partial charge in [0.25, 0.3) is 5.91 Å². The van der Waals surface area contributed by atoms with Gasteiger partial charge in [-0.05, 0) is 38.0 Å². The number of hydrogen-bond donors (Lipinski definition) is 6. The number of nitrogens with zero attached hydrogens (tertiary/aromatic N) is 1. The number of aliphatic hydroxyl groups excluding tert-OH is 1. The van der Waals surface area contributed by atoms with Crippen molar-refractivity contribution in [1.29, 1.82) is 0 Å². The molecule has 14 nitrogen and oxygen atoms in total. The van der Waals surface area contributed by atoms with Gasteiger partial charge in [0.1, 0.15) is 30.7 Å². The summed E-state index contributed by atoms with van der Waals surface area (Å²) in [4.78, 5) is 79.9. The Morgan fingerprint density at radius 3 is 2.06 bits per heavy atom. The maximum atomic E-state index is 16.0. The van der Waals surface area contributed by atoms with Gasteiger partial charge < -0.3 is 41.7 Å². The van der Waals surface area contributed by atoms with Gasteiger partial charge in [-0.2, -0.15) is 8.78 Å². The predicted octanol–water partition coefficient (Wildman–Crippen LogP) is 0.347. The SMILES string of the molecule is CCCCCCC1OC(=O)CNC(=O)[C@H]([C@H](C)O)NC(=O)[C@H](CN)NC(=O)[C@H]([C@H](C)CC)NC(=O)[C@H](CC(C)C)N(C)C(=O)C1(F)F. The van der Waals surface area contributed by atoms with Crippen LogP contribution in [0.2, 0.25) is 0 Å². The molecule has 0 bridgehead atoms. The molecule has 1 saturated heterocycles. The van der Waals surface area contributed by atoms with Crippen molar-refractivity contribution in [1.82, 2.24) is 26.2 Å². The number of aliphatic hydroxyl groups is 1. The highest BCUT2D eigenvalue weighted by Crippen LogP contribution is 2.30. The van der Waals surface area contributed by atoms with Crippen LogP contribution < -0.4 is 27.0 Å². The number of amides is 5. The normalized spacial score (nSPS) is 27.0. The van der Waals surface area contributed by atoms with E-state index < -0.39 is 96.8 Å². The van der Waals surface area contributed by atoms with Crippen molar-refractivity contribution in [3.8, 4) is 0 Å². The fourth-order valence-corrected chi connectivity index (χ4v) is 5.05. The van der Waals surface area contributed by atoms with E-state index in [1.807, 2.05) is 6.92 Å². The molecule has 0 aromatic heterocycles. The van der Waals surface area contributed by atoms with Crippen molar-refractivity contribution in [3.63, 3.8) is 0 Å². The lowest BCUT2D eigenvalue weighted by molar-refractivity contribution is -0.190. The molecule has 270 valence electrons. The Labute approximate surface area is 275 Å². The van der Waals surface area contributed by atoms with Gasteiger partial charge in [-0.1, -0.05) is 60.3 Å². The summed E-state index contributed by atoms with van der Waals surface area (Å²) >= 11 is 0. The zero-order chi connectivity index (χ0) is 36.1. The van der Waals surface area contributed by atoms with Crippen LogP contribution in [0.4, 0.5) is 8.78 Å². The zero-order valence-electron chi connectivity index (χ0n) is 28.6. The van der Waals surface area contributed by atoms with Gasteiger partial charge >= 0.3 is 11.9 Å². The van der Waals surface area contributed by atoms with Crippen LogP contribution in [0, 0.1) is 11.8 Å². The molecule has 1 unspecified atom stereocenters. The Morgan fingerprint density at radius 2 is 1.53 bits per heavy atom. The Morgan fingerprint density at radius 1 is 0.915 bits per heavy atom. The molecule has 7 N–H and O–H groups in total. The number of nitrogens with one attached hydrogen (secondary N) is 4. The first-order chi connectivity index (χ1) is 21.9. The van der Waals surface area contributed by atoms with E-state index >= 15 is 8.78 Å². The van der Waals surface area contributed by atoms with Gasteiger partial charge in [0.15, 0.2) is 6.10 Å². The lowest BCUT2D eigenvalue weighted by Crippen LogP contribution is -2.62. The van der Waals surface area contributed by atoms with E-state index in [1.54, 1.807) is 27.7 Å². The predicted molar refractivity (Wildman–Crippen MR) is 169 cm³/mol. The third-order valence-electron chi connectivity index (χ3n) is 8.20. The minimum absolute atomic E-state index is 0.0411. The standard InChI is InChI=1S/C31H54F2N6O8/c1-8-10-11-12-13-22-31(32,33)30(46)39(7)21(14-17(3)4)27(43)37-24(18(5)9-2)29(45)36-20(15-34)26(42)38-25(19(6)40)28(44)35-16-23(41)47-22/h17-22,24-25,40H,8-16,34H2,1-7H3,(H,35,44)(H,36,45)(H,37,43)(H,38,42)/t18-,19+,20+,21+,22?,24+,25+/m1/s1. The number of nitrogens with two attached hydrogens (primary N) is 1. The highest BCUT2D eigenvalue weighted by atomic mass is 19.3. The second-order valence-electron chi connectivity index (χ2n) is 12.6. The van der Waals surface area contributed by atoms with Crippen LogP contribution in [0.5, 0.6) is 0 Å². The Balaban J connectivity index is 3.71. The van der Waals surface area contributed by atoms with E-state index in [4.69, 9.17) is 10.5 Å². The van der Waals surface area contributed by atoms with Crippen molar-refractivity contribution >= 4 is 35.5 Å². The van der Waals surface area contributed by atoms with Crippen molar-refractivity contribution in [2.45, 2.75) is 129 Å². The fraction of sp³-hybridized carbons (Fsp3) is 0.806. The molecule has 1 aliphatic heterocycles. The van der Waals surface area contributed by atoms with E-state index in [-0.39, 0.29) is 25.2 Å². The minimum Gasteiger partial charge on any atom is -0.454 e. The number of carbonyl (C=O) groups excluding carboxylic acids is 6. The van der Waals surface area contributed by atoms with Crippen LogP contribution in [-0.4, -0.2) is 108 Å². The number of unbranched alkanes of at least 4 members (excludes halogenated alkanes) is 3.